The molecule has 116 valence electrons. The molecule has 1 aliphatic heterocycles. The number of ether oxygens (including phenoxy) is 1. The number of carbonyl (C=O) groups excluding carboxylic acids is 1. The van der Waals surface area contributed by atoms with Crippen LogP contribution >= 0.6 is 0 Å². The largest absolute Gasteiger partial charge is 0.497 e. The maximum atomic E-state index is 12.5. The Hall–Kier alpha value is -2.30. The molecule has 1 aromatic carbocycles. The maximum absolute atomic E-state index is 12.5. The first-order valence-corrected chi connectivity index (χ1v) is 7.69. The number of aromatic nitrogens is 2. The molecule has 0 spiro atoms. The topological polar surface area (TPSA) is 47.4 Å². The lowest BCUT2D eigenvalue weighted by atomic mass is 10.1. The summed E-state index contributed by atoms with van der Waals surface area (Å²) in [5.74, 6) is 0.841. The van der Waals surface area contributed by atoms with E-state index in [9.17, 15) is 4.79 Å². The highest BCUT2D eigenvalue weighted by molar-refractivity contribution is 5.92. The van der Waals surface area contributed by atoms with Crippen molar-refractivity contribution in [2.75, 3.05) is 20.2 Å². The molecule has 0 atom stereocenters. The van der Waals surface area contributed by atoms with E-state index in [0.29, 0.717) is 5.69 Å². The fourth-order valence-corrected chi connectivity index (χ4v) is 2.82. The van der Waals surface area contributed by atoms with Gasteiger partial charge in [0.25, 0.3) is 5.91 Å². The van der Waals surface area contributed by atoms with Gasteiger partial charge in [-0.05, 0) is 56.5 Å². The van der Waals surface area contributed by atoms with Crippen LogP contribution in [0.25, 0.3) is 5.69 Å². The molecule has 0 N–H and O–H groups in total. The number of hydrogen-bond acceptors (Lipinski definition) is 3. The predicted octanol–water partition coefficient (Wildman–Crippen LogP) is 2.82. The summed E-state index contributed by atoms with van der Waals surface area (Å²) < 4.78 is 6.97. The molecule has 1 saturated heterocycles. The molecule has 1 amide bonds. The van der Waals surface area contributed by atoms with Gasteiger partial charge in [0.05, 0.1) is 12.8 Å². The Bertz CT molecular complexity index is 655. The zero-order valence-electron chi connectivity index (χ0n) is 13.1. The van der Waals surface area contributed by atoms with Gasteiger partial charge >= 0.3 is 0 Å². The second-order valence-electron chi connectivity index (χ2n) is 5.63. The number of hydrogen-bond donors (Lipinski definition) is 0. The van der Waals surface area contributed by atoms with Crippen molar-refractivity contribution in [2.24, 2.45) is 0 Å². The van der Waals surface area contributed by atoms with Crippen LogP contribution in [0.15, 0.2) is 30.3 Å². The van der Waals surface area contributed by atoms with E-state index < -0.39 is 0 Å². The van der Waals surface area contributed by atoms with Crippen molar-refractivity contribution in [1.82, 2.24) is 14.7 Å². The maximum Gasteiger partial charge on any atom is 0.274 e. The van der Waals surface area contributed by atoms with Crippen LogP contribution in [0.5, 0.6) is 5.75 Å². The van der Waals surface area contributed by atoms with Gasteiger partial charge < -0.3 is 9.64 Å². The van der Waals surface area contributed by atoms with Gasteiger partial charge in [-0.15, -0.1) is 0 Å². The average molecular weight is 299 g/mol. The molecule has 0 saturated carbocycles. The third-order valence-electron chi connectivity index (χ3n) is 4.07. The van der Waals surface area contributed by atoms with E-state index in [0.717, 1.165) is 43.1 Å². The molecule has 5 heteroatoms. The number of piperidine rings is 1. The summed E-state index contributed by atoms with van der Waals surface area (Å²) in [6.45, 7) is 3.64. The molecular formula is C17H21N3O2. The Kier molecular flexibility index (Phi) is 4.13. The molecule has 2 heterocycles. The molecule has 0 radical (unpaired) electrons. The zero-order chi connectivity index (χ0) is 15.5. The average Bonchev–Trinajstić information content (AvgIpc) is 2.97. The van der Waals surface area contributed by atoms with Crippen LogP contribution in [0, 0.1) is 6.92 Å². The third-order valence-corrected chi connectivity index (χ3v) is 4.07. The molecule has 1 aliphatic rings. The smallest absolute Gasteiger partial charge is 0.274 e. The fraction of sp³-hybridized carbons (Fsp3) is 0.412. The number of aryl methyl sites for hydroxylation is 1. The van der Waals surface area contributed by atoms with E-state index in [-0.39, 0.29) is 5.91 Å². The van der Waals surface area contributed by atoms with E-state index in [4.69, 9.17) is 4.74 Å². The molecule has 3 rings (SSSR count). The minimum atomic E-state index is 0.0371. The Morgan fingerprint density at radius 1 is 1.14 bits per heavy atom. The third kappa shape index (κ3) is 2.84. The lowest BCUT2D eigenvalue weighted by molar-refractivity contribution is 0.0718. The molecule has 2 aromatic rings. The predicted molar refractivity (Wildman–Crippen MR) is 84.6 cm³/mol. The summed E-state index contributed by atoms with van der Waals surface area (Å²) in [6.07, 6.45) is 3.39. The summed E-state index contributed by atoms with van der Waals surface area (Å²) in [7, 11) is 1.64. The summed E-state index contributed by atoms with van der Waals surface area (Å²) in [6, 6.07) is 9.52. The van der Waals surface area contributed by atoms with Crippen LogP contribution in [0.3, 0.4) is 0 Å². The summed E-state index contributed by atoms with van der Waals surface area (Å²) in [4.78, 5) is 14.4. The van der Waals surface area contributed by atoms with Gasteiger partial charge in [-0.25, -0.2) is 4.68 Å². The minimum absolute atomic E-state index is 0.0371. The first-order valence-electron chi connectivity index (χ1n) is 7.69. The molecule has 0 aliphatic carbocycles. The highest BCUT2D eigenvalue weighted by atomic mass is 16.5. The van der Waals surface area contributed by atoms with Crippen LogP contribution in [0.1, 0.15) is 35.4 Å². The van der Waals surface area contributed by atoms with E-state index in [1.807, 2.05) is 42.2 Å². The monoisotopic (exact) mass is 299 g/mol. The molecule has 22 heavy (non-hydrogen) atoms. The molecule has 1 aromatic heterocycles. The SMILES string of the molecule is COc1ccc(-n2nc(C(=O)N3CCCCC3)cc2C)cc1. The number of methoxy groups -OCH3 is 1. The van der Waals surface area contributed by atoms with E-state index in [1.165, 1.54) is 6.42 Å². The summed E-state index contributed by atoms with van der Waals surface area (Å²) in [5, 5.41) is 4.50. The number of nitrogens with zero attached hydrogens (tertiary/aromatic N) is 3. The van der Waals surface area contributed by atoms with Gasteiger partial charge in [-0.1, -0.05) is 0 Å². The van der Waals surface area contributed by atoms with Gasteiger partial charge in [-0.2, -0.15) is 5.10 Å². The van der Waals surface area contributed by atoms with Crippen LogP contribution < -0.4 is 4.74 Å². The minimum Gasteiger partial charge on any atom is -0.497 e. The Balaban J connectivity index is 1.84. The number of rotatable bonds is 3. The first-order chi connectivity index (χ1) is 10.7. The standard InChI is InChI=1S/C17H21N3O2/c1-13-12-16(17(21)19-10-4-3-5-11-19)18-20(13)14-6-8-15(22-2)9-7-14/h6-9,12H,3-5,10-11H2,1-2H3. The number of amides is 1. The Morgan fingerprint density at radius 2 is 1.82 bits per heavy atom. The van der Waals surface area contributed by atoms with Crippen molar-refractivity contribution in [3.8, 4) is 11.4 Å². The number of likely N-dealkylation sites (tertiary alicyclic amines) is 1. The lowest BCUT2D eigenvalue weighted by Gasteiger charge is -2.25. The quantitative estimate of drug-likeness (QED) is 0.875. The Morgan fingerprint density at radius 3 is 2.45 bits per heavy atom. The van der Waals surface area contributed by atoms with Crippen molar-refractivity contribution < 1.29 is 9.53 Å². The van der Waals surface area contributed by atoms with E-state index in [1.54, 1.807) is 11.8 Å². The Labute approximate surface area is 130 Å². The van der Waals surface area contributed by atoms with Crippen LogP contribution in [-0.2, 0) is 0 Å². The van der Waals surface area contributed by atoms with Gasteiger partial charge in [-0.3, -0.25) is 4.79 Å². The lowest BCUT2D eigenvalue weighted by Crippen LogP contribution is -2.35. The highest BCUT2D eigenvalue weighted by Gasteiger charge is 2.21. The van der Waals surface area contributed by atoms with E-state index >= 15 is 0 Å². The fourth-order valence-electron chi connectivity index (χ4n) is 2.82. The second-order valence-corrected chi connectivity index (χ2v) is 5.63. The molecule has 5 nitrogen and oxygen atoms in total. The second kappa shape index (κ2) is 6.22. The molecule has 0 unspecified atom stereocenters. The van der Waals surface area contributed by atoms with Gasteiger partial charge in [0.2, 0.25) is 0 Å². The van der Waals surface area contributed by atoms with Crippen molar-refractivity contribution in [3.05, 3.63) is 41.7 Å². The van der Waals surface area contributed by atoms with Gasteiger partial charge in [0, 0.05) is 18.8 Å². The van der Waals surface area contributed by atoms with Crippen LogP contribution in [0.2, 0.25) is 0 Å². The van der Waals surface area contributed by atoms with E-state index in [2.05, 4.69) is 5.10 Å². The number of benzene rings is 1. The van der Waals surface area contributed by atoms with Gasteiger partial charge in [0.15, 0.2) is 5.69 Å². The molecule has 0 bridgehead atoms. The zero-order valence-corrected chi connectivity index (χ0v) is 13.1. The summed E-state index contributed by atoms with van der Waals surface area (Å²) in [5.41, 5.74) is 2.40. The van der Waals surface area contributed by atoms with Crippen molar-refractivity contribution in [2.45, 2.75) is 26.2 Å². The van der Waals surface area contributed by atoms with Crippen molar-refractivity contribution in [1.29, 1.82) is 0 Å². The molecule has 1 fully saturated rings. The van der Waals surface area contributed by atoms with Crippen molar-refractivity contribution >= 4 is 5.91 Å². The van der Waals surface area contributed by atoms with Crippen LogP contribution in [-0.4, -0.2) is 40.8 Å². The van der Waals surface area contributed by atoms with Crippen LogP contribution in [0.4, 0.5) is 0 Å². The molecular weight excluding hydrogens is 278 g/mol. The van der Waals surface area contributed by atoms with Crippen molar-refractivity contribution in [3.63, 3.8) is 0 Å². The summed E-state index contributed by atoms with van der Waals surface area (Å²) >= 11 is 0. The normalized spacial score (nSPS) is 14.9. The van der Waals surface area contributed by atoms with Gasteiger partial charge in [0.1, 0.15) is 5.75 Å². The first kappa shape index (κ1) is 14.6. The number of carbonyl (C=O) groups is 1. The highest BCUT2D eigenvalue weighted by Crippen LogP contribution is 2.18.